The molecular formula is C16H20N2O3. The van der Waals surface area contributed by atoms with Crippen molar-refractivity contribution < 1.29 is 14.7 Å². The maximum Gasteiger partial charge on any atom is 0.308 e. The van der Waals surface area contributed by atoms with Gasteiger partial charge in [0.15, 0.2) is 0 Å². The molecule has 0 unspecified atom stereocenters. The van der Waals surface area contributed by atoms with Gasteiger partial charge in [0, 0.05) is 26.2 Å². The molecule has 1 aromatic rings. The van der Waals surface area contributed by atoms with Crippen LogP contribution in [0, 0.1) is 11.8 Å². The van der Waals surface area contributed by atoms with Crippen LogP contribution in [0.4, 0.5) is 0 Å². The van der Waals surface area contributed by atoms with Gasteiger partial charge in [-0.2, -0.15) is 0 Å². The van der Waals surface area contributed by atoms with Crippen molar-refractivity contribution in [2.45, 2.75) is 6.54 Å². The molecule has 1 aromatic carbocycles. The van der Waals surface area contributed by atoms with Crippen molar-refractivity contribution in [3.05, 3.63) is 48.6 Å². The second-order valence-corrected chi connectivity index (χ2v) is 5.26. The Bertz CT molecular complexity index is 516. The Labute approximate surface area is 124 Å². The van der Waals surface area contributed by atoms with Gasteiger partial charge in [0.05, 0.1) is 11.8 Å². The molecule has 0 aliphatic carbocycles. The van der Waals surface area contributed by atoms with Crippen molar-refractivity contribution in [1.82, 2.24) is 10.2 Å². The second kappa shape index (κ2) is 7.04. The number of carboxylic acid groups (broad SMARTS) is 1. The lowest BCUT2D eigenvalue weighted by Crippen LogP contribution is -2.37. The molecule has 1 amide bonds. The third-order valence-electron chi connectivity index (χ3n) is 3.72. The number of rotatable bonds is 6. The predicted molar refractivity (Wildman–Crippen MR) is 79.5 cm³/mol. The van der Waals surface area contributed by atoms with Gasteiger partial charge < -0.3 is 10.4 Å². The van der Waals surface area contributed by atoms with Gasteiger partial charge in [-0.3, -0.25) is 14.5 Å². The molecule has 5 nitrogen and oxygen atoms in total. The third-order valence-corrected chi connectivity index (χ3v) is 3.72. The Morgan fingerprint density at radius 3 is 2.57 bits per heavy atom. The average molecular weight is 288 g/mol. The standard InChI is InChI=1S/C16H20N2O3/c1-2-8-17-15(19)13-10-18(11-14(13)16(20)21)9-12-6-4-3-5-7-12/h2-7,13-14H,1,8-11H2,(H,17,19)(H,20,21)/t13-,14+/m0/s1. The van der Waals surface area contributed by atoms with Crippen LogP contribution in [-0.2, 0) is 16.1 Å². The molecule has 2 atom stereocenters. The summed E-state index contributed by atoms with van der Waals surface area (Å²) in [5.74, 6) is -2.29. The zero-order valence-electron chi connectivity index (χ0n) is 11.9. The molecule has 1 fully saturated rings. The number of carbonyl (C=O) groups is 2. The fourth-order valence-electron chi connectivity index (χ4n) is 2.68. The second-order valence-electron chi connectivity index (χ2n) is 5.26. The van der Waals surface area contributed by atoms with Crippen LogP contribution in [0.15, 0.2) is 43.0 Å². The van der Waals surface area contributed by atoms with E-state index in [1.807, 2.05) is 35.2 Å². The summed E-state index contributed by atoms with van der Waals surface area (Å²) >= 11 is 0. The van der Waals surface area contributed by atoms with E-state index < -0.39 is 17.8 Å². The van der Waals surface area contributed by atoms with Gasteiger partial charge in [0.25, 0.3) is 0 Å². The van der Waals surface area contributed by atoms with Gasteiger partial charge in [-0.1, -0.05) is 36.4 Å². The summed E-state index contributed by atoms with van der Waals surface area (Å²) in [5, 5.41) is 12.0. The number of amides is 1. The number of carbonyl (C=O) groups excluding carboxylic acids is 1. The number of benzene rings is 1. The van der Waals surface area contributed by atoms with E-state index in [2.05, 4.69) is 11.9 Å². The molecule has 0 aromatic heterocycles. The Balaban J connectivity index is 2.02. The molecule has 0 saturated carbocycles. The quantitative estimate of drug-likeness (QED) is 0.770. The lowest BCUT2D eigenvalue weighted by molar-refractivity contribution is -0.145. The number of aliphatic carboxylic acids is 1. The number of nitrogens with zero attached hydrogens (tertiary/aromatic N) is 1. The summed E-state index contributed by atoms with van der Waals surface area (Å²) in [6.07, 6.45) is 1.59. The lowest BCUT2D eigenvalue weighted by Gasteiger charge is -2.15. The Morgan fingerprint density at radius 2 is 1.95 bits per heavy atom. The molecule has 112 valence electrons. The minimum Gasteiger partial charge on any atom is -0.481 e. The van der Waals surface area contributed by atoms with E-state index >= 15 is 0 Å². The maximum absolute atomic E-state index is 12.1. The molecular weight excluding hydrogens is 268 g/mol. The van der Waals surface area contributed by atoms with Crippen LogP contribution in [0.5, 0.6) is 0 Å². The van der Waals surface area contributed by atoms with Crippen molar-refractivity contribution >= 4 is 11.9 Å². The van der Waals surface area contributed by atoms with Crippen molar-refractivity contribution in [3.8, 4) is 0 Å². The van der Waals surface area contributed by atoms with Crippen LogP contribution in [-0.4, -0.2) is 41.5 Å². The van der Waals surface area contributed by atoms with Crippen LogP contribution in [0.2, 0.25) is 0 Å². The van der Waals surface area contributed by atoms with Gasteiger partial charge >= 0.3 is 5.97 Å². The fourth-order valence-corrected chi connectivity index (χ4v) is 2.68. The monoisotopic (exact) mass is 288 g/mol. The number of likely N-dealkylation sites (tertiary alicyclic amines) is 1. The zero-order valence-corrected chi connectivity index (χ0v) is 11.9. The van der Waals surface area contributed by atoms with Crippen molar-refractivity contribution in [2.75, 3.05) is 19.6 Å². The number of hydrogen-bond acceptors (Lipinski definition) is 3. The van der Waals surface area contributed by atoms with Crippen molar-refractivity contribution in [1.29, 1.82) is 0 Å². The first kappa shape index (κ1) is 15.3. The van der Waals surface area contributed by atoms with Gasteiger partial charge in [-0.15, -0.1) is 6.58 Å². The van der Waals surface area contributed by atoms with Crippen molar-refractivity contribution in [3.63, 3.8) is 0 Å². The first-order valence-electron chi connectivity index (χ1n) is 6.99. The molecule has 5 heteroatoms. The van der Waals surface area contributed by atoms with E-state index in [-0.39, 0.29) is 5.91 Å². The first-order valence-corrected chi connectivity index (χ1v) is 6.99. The largest absolute Gasteiger partial charge is 0.481 e. The van der Waals surface area contributed by atoms with Gasteiger partial charge in [-0.25, -0.2) is 0 Å². The lowest BCUT2D eigenvalue weighted by atomic mass is 9.95. The highest BCUT2D eigenvalue weighted by Crippen LogP contribution is 2.25. The molecule has 2 N–H and O–H groups in total. The maximum atomic E-state index is 12.1. The Hall–Kier alpha value is -2.14. The molecule has 0 bridgehead atoms. The van der Waals surface area contributed by atoms with Crippen LogP contribution < -0.4 is 5.32 Å². The summed E-state index contributed by atoms with van der Waals surface area (Å²) < 4.78 is 0. The van der Waals surface area contributed by atoms with Crippen molar-refractivity contribution in [2.24, 2.45) is 11.8 Å². The summed E-state index contributed by atoms with van der Waals surface area (Å²) in [4.78, 5) is 25.4. The highest BCUT2D eigenvalue weighted by atomic mass is 16.4. The van der Waals surface area contributed by atoms with E-state index in [4.69, 9.17) is 0 Å². The number of hydrogen-bond donors (Lipinski definition) is 2. The first-order chi connectivity index (χ1) is 10.1. The fraction of sp³-hybridized carbons (Fsp3) is 0.375. The highest BCUT2D eigenvalue weighted by molar-refractivity contribution is 5.85. The summed E-state index contributed by atoms with van der Waals surface area (Å²) in [7, 11) is 0. The SMILES string of the molecule is C=CCNC(=O)[C@H]1CN(Cc2ccccc2)C[C@H]1C(=O)O. The highest BCUT2D eigenvalue weighted by Gasteiger charge is 2.41. The van der Waals surface area contributed by atoms with E-state index in [1.54, 1.807) is 6.08 Å². The average Bonchev–Trinajstić information content (AvgIpc) is 2.90. The molecule has 1 aliphatic rings. The van der Waals surface area contributed by atoms with E-state index in [1.165, 1.54) is 0 Å². The number of carboxylic acids is 1. The van der Waals surface area contributed by atoms with Gasteiger partial charge in [0.2, 0.25) is 5.91 Å². The topological polar surface area (TPSA) is 69.6 Å². The molecule has 21 heavy (non-hydrogen) atoms. The van der Waals surface area contributed by atoms with Gasteiger partial charge in [-0.05, 0) is 5.56 Å². The Morgan fingerprint density at radius 1 is 1.29 bits per heavy atom. The normalized spacial score (nSPS) is 21.9. The number of nitrogens with one attached hydrogen (secondary N) is 1. The van der Waals surface area contributed by atoms with Crippen LogP contribution in [0.25, 0.3) is 0 Å². The minimum atomic E-state index is -0.913. The van der Waals surface area contributed by atoms with E-state index in [0.29, 0.717) is 26.2 Å². The zero-order chi connectivity index (χ0) is 15.2. The smallest absolute Gasteiger partial charge is 0.308 e. The molecule has 1 saturated heterocycles. The Kier molecular flexibility index (Phi) is 5.11. The minimum absolute atomic E-state index is 0.210. The molecule has 2 rings (SSSR count). The molecule has 0 radical (unpaired) electrons. The molecule has 1 aliphatic heterocycles. The summed E-state index contributed by atoms with van der Waals surface area (Å²) in [5.41, 5.74) is 1.12. The van der Waals surface area contributed by atoms with E-state index in [9.17, 15) is 14.7 Å². The molecule has 1 heterocycles. The molecule has 0 spiro atoms. The summed E-state index contributed by atoms with van der Waals surface area (Å²) in [6, 6.07) is 9.85. The predicted octanol–water partition coefficient (Wildman–Crippen LogP) is 1.12. The van der Waals surface area contributed by atoms with Crippen LogP contribution >= 0.6 is 0 Å². The van der Waals surface area contributed by atoms with E-state index in [0.717, 1.165) is 5.56 Å². The van der Waals surface area contributed by atoms with Gasteiger partial charge in [0.1, 0.15) is 0 Å². The van der Waals surface area contributed by atoms with Crippen LogP contribution in [0.1, 0.15) is 5.56 Å². The summed E-state index contributed by atoms with van der Waals surface area (Å²) in [6.45, 7) is 5.43. The van der Waals surface area contributed by atoms with Crippen LogP contribution in [0.3, 0.4) is 0 Å². The third kappa shape index (κ3) is 3.92.